The van der Waals surface area contributed by atoms with Crippen molar-refractivity contribution in [1.29, 1.82) is 0 Å². The van der Waals surface area contributed by atoms with Crippen LogP contribution in [0.25, 0.3) is 0 Å². The maximum Gasteiger partial charge on any atom is 0.146 e. The molecule has 2 rings (SSSR count). The van der Waals surface area contributed by atoms with E-state index in [1.54, 1.807) is 6.07 Å². The number of nitrogens with two attached hydrogens (primary N) is 1. The Morgan fingerprint density at radius 3 is 2.57 bits per heavy atom. The summed E-state index contributed by atoms with van der Waals surface area (Å²) in [5.74, 6) is -0.203. The van der Waals surface area contributed by atoms with Crippen molar-refractivity contribution < 1.29 is 4.39 Å². The Kier molecular flexibility index (Phi) is 5.37. The number of nitrogens with zero attached hydrogens (tertiary/aromatic N) is 1. The fraction of sp³-hybridized carbons (Fsp3) is 0.294. The van der Waals surface area contributed by atoms with Crippen LogP contribution in [0.1, 0.15) is 18.1 Å². The van der Waals surface area contributed by atoms with Gasteiger partial charge in [0.15, 0.2) is 0 Å². The molecule has 0 saturated heterocycles. The number of hydrogen-bond donors (Lipinski definition) is 1. The Bertz CT molecular complexity index is 613. The van der Waals surface area contributed by atoms with Crippen LogP contribution in [0.5, 0.6) is 0 Å². The molecular weight excluding hydrogens is 331 g/mol. The van der Waals surface area contributed by atoms with Gasteiger partial charge in [-0.05, 0) is 48.7 Å². The molecule has 0 aliphatic heterocycles. The van der Waals surface area contributed by atoms with Gasteiger partial charge in [-0.3, -0.25) is 0 Å². The van der Waals surface area contributed by atoms with E-state index in [1.165, 1.54) is 0 Å². The van der Waals surface area contributed by atoms with Crippen LogP contribution in [0, 0.1) is 5.82 Å². The highest BCUT2D eigenvalue weighted by molar-refractivity contribution is 9.10. The molecule has 21 heavy (non-hydrogen) atoms. The van der Waals surface area contributed by atoms with Crippen molar-refractivity contribution in [2.24, 2.45) is 5.73 Å². The lowest BCUT2D eigenvalue weighted by molar-refractivity contribution is 0.617. The highest BCUT2D eigenvalue weighted by Crippen LogP contribution is 2.22. The van der Waals surface area contributed by atoms with Gasteiger partial charge in [0.2, 0.25) is 0 Å². The van der Waals surface area contributed by atoms with Gasteiger partial charge in [0.05, 0.1) is 5.69 Å². The SMILES string of the molecule is CC(N)Cc1ccc(N(C)Cc2cccc(Br)c2)c(F)c1. The summed E-state index contributed by atoms with van der Waals surface area (Å²) in [4.78, 5) is 1.91. The molecule has 0 radical (unpaired) electrons. The molecule has 2 N–H and O–H groups in total. The zero-order valence-corrected chi connectivity index (χ0v) is 13.9. The van der Waals surface area contributed by atoms with Gasteiger partial charge in [-0.2, -0.15) is 0 Å². The summed E-state index contributed by atoms with van der Waals surface area (Å²) in [5.41, 5.74) is 8.41. The van der Waals surface area contributed by atoms with Crippen LogP contribution in [0.2, 0.25) is 0 Å². The molecule has 0 aromatic heterocycles. The van der Waals surface area contributed by atoms with Crippen molar-refractivity contribution in [2.75, 3.05) is 11.9 Å². The largest absolute Gasteiger partial charge is 0.368 e. The van der Waals surface area contributed by atoms with Gasteiger partial charge in [-0.15, -0.1) is 0 Å². The van der Waals surface area contributed by atoms with Crippen molar-refractivity contribution in [3.8, 4) is 0 Å². The van der Waals surface area contributed by atoms with Crippen molar-refractivity contribution in [3.05, 3.63) is 63.9 Å². The van der Waals surface area contributed by atoms with E-state index in [9.17, 15) is 4.39 Å². The molecule has 0 aliphatic carbocycles. The van der Waals surface area contributed by atoms with E-state index in [1.807, 2.05) is 55.3 Å². The zero-order chi connectivity index (χ0) is 15.4. The smallest absolute Gasteiger partial charge is 0.146 e. The fourth-order valence-corrected chi connectivity index (χ4v) is 2.80. The summed E-state index contributed by atoms with van der Waals surface area (Å²) >= 11 is 3.45. The lowest BCUT2D eigenvalue weighted by atomic mass is 10.1. The molecule has 4 heteroatoms. The molecule has 2 aromatic carbocycles. The van der Waals surface area contributed by atoms with Crippen molar-refractivity contribution >= 4 is 21.6 Å². The lowest BCUT2D eigenvalue weighted by Crippen LogP contribution is -2.19. The van der Waals surface area contributed by atoms with E-state index in [-0.39, 0.29) is 11.9 Å². The van der Waals surface area contributed by atoms with E-state index >= 15 is 0 Å². The Morgan fingerprint density at radius 2 is 1.95 bits per heavy atom. The minimum absolute atomic E-state index is 0.0367. The first-order valence-electron chi connectivity index (χ1n) is 6.95. The summed E-state index contributed by atoms with van der Waals surface area (Å²) in [6, 6.07) is 13.4. The van der Waals surface area contributed by atoms with Crippen LogP contribution < -0.4 is 10.6 Å². The van der Waals surface area contributed by atoms with Gasteiger partial charge >= 0.3 is 0 Å². The molecule has 112 valence electrons. The van der Waals surface area contributed by atoms with E-state index in [0.717, 1.165) is 15.6 Å². The summed E-state index contributed by atoms with van der Waals surface area (Å²) < 4.78 is 15.3. The quantitative estimate of drug-likeness (QED) is 0.878. The second-order valence-corrected chi connectivity index (χ2v) is 6.37. The Morgan fingerprint density at radius 1 is 1.19 bits per heavy atom. The minimum atomic E-state index is -0.203. The normalized spacial score (nSPS) is 12.2. The average molecular weight is 351 g/mol. The second-order valence-electron chi connectivity index (χ2n) is 5.45. The molecule has 2 nitrogen and oxygen atoms in total. The highest BCUT2D eigenvalue weighted by Gasteiger charge is 2.10. The molecule has 0 fully saturated rings. The number of rotatable bonds is 5. The summed E-state index contributed by atoms with van der Waals surface area (Å²) in [6.07, 6.45) is 0.687. The molecule has 0 heterocycles. The van der Waals surface area contributed by atoms with Crippen molar-refractivity contribution in [3.63, 3.8) is 0 Å². The first-order valence-corrected chi connectivity index (χ1v) is 7.74. The molecule has 0 spiro atoms. The van der Waals surface area contributed by atoms with Gasteiger partial charge in [0.25, 0.3) is 0 Å². The van der Waals surface area contributed by atoms with Crippen LogP contribution in [0.3, 0.4) is 0 Å². The minimum Gasteiger partial charge on any atom is -0.368 e. The van der Waals surface area contributed by atoms with Crippen LogP contribution in [0.4, 0.5) is 10.1 Å². The van der Waals surface area contributed by atoms with Gasteiger partial charge in [0.1, 0.15) is 5.82 Å². The monoisotopic (exact) mass is 350 g/mol. The molecule has 0 bridgehead atoms. The van der Waals surface area contributed by atoms with Crippen molar-refractivity contribution in [2.45, 2.75) is 25.9 Å². The van der Waals surface area contributed by atoms with Gasteiger partial charge in [-0.25, -0.2) is 4.39 Å². The summed E-state index contributed by atoms with van der Waals surface area (Å²) in [7, 11) is 1.89. The summed E-state index contributed by atoms with van der Waals surface area (Å²) in [5, 5.41) is 0. The van der Waals surface area contributed by atoms with Crippen LogP contribution >= 0.6 is 15.9 Å². The van der Waals surface area contributed by atoms with Crippen LogP contribution in [0.15, 0.2) is 46.9 Å². The number of anilines is 1. The van der Waals surface area contributed by atoms with Gasteiger partial charge < -0.3 is 10.6 Å². The molecule has 0 aliphatic rings. The van der Waals surface area contributed by atoms with Crippen LogP contribution in [-0.4, -0.2) is 13.1 Å². The molecular formula is C17H20BrFN2. The summed E-state index contributed by atoms with van der Waals surface area (Å²) in [6.45, 7) is 2.58. The Labute approximate surface area is 133 Å². The first kappa shape index (κ1) is 16.0. The number of hydrogen-bond acceptors (Lipinski definition) is 2. The maximum atomic E-state index is 14.2. The maximum absolute atomic E-state index is 14.2. The van der Waals surface area contributed by atoms with E-state index in [2.05, 4.69) is 15.9 Å². The second kappa shape index (κ2) is 7.05. The standard InChI is InChI=1S/C17H20BrFN2/c1-12(20)8-13-6-7-17(16(19)10-13)21(2)11-14-4-3-5-15(18)9-14/h3-7,9-10,12H,8,11,20H2,1-2H3. The van der Waals surface area contributed by atoms with Gasteiger partial charge in [0, 0.05) is 24.1 Å². The van der Waals surface area contributed by atoms with Crippen LogP contribution in [-0.2, 0) is 13.0 Å². The third kappa shape index (κ3) is 4.55. The zero-order valence-electron chi connectivity index (χ0n) is 12.3. The number of halogens is 2. The van der Waals surface area contributed by atoms with E-state index < -0.39 is 0 Å². The fourth-order valence-electron chi connectivity index (χ4n) is 2.35. The highest BCUT2D eigenvalue weighted by atomic mass is 79.9. The third-order valence-electron chi connectivity index (χ3n) is 3.29. The molecule has 1 atom stereocenters. The third-order valence-corrected chi connectivity index (χ3v) is 3.78. The average Bonchev–Trinajstić information content (AvgIpc) is 2.37. The molecule has 0 amide bonds. The van der Waals surface area contributed by atoms with Crippen molar-refractivity contribution in [1.82, 2.24) is 0 Å². The molecule has 0 saturated carbocycles. The topological polar surface area (TPSA) is 29.3 Å². The Hall–Kier alpha value is -1.39. The lowest BCUT2D eigenvalue weighted by Gasteiger charge is -2.21. The van der Waals surface area contributed by atoms with E-state index in [0.29, 0.717) is 18.7 Å². The molecule has 1 unspecified atom stereocenters. The molecule has 2 aromatic rings. The van der Waals surface area contributed by atoms with E-state index in [4.69, 9.17) is 5.73 Å². The first-order chi connectivity index (χ1) is 9.95. The van der Waals surface area contributed by atoms with Gasteiger partial charge in [-0.1, -0.05) is 34.1 Å². The Balaban J connectivity index is 2.13. The number of benzene rings is 2. The predicted octanol–water partition coefficient (Wildman–Crippen LogP) is 4.11. The predicted molar refractivity (Wildman–Crippen MR) is 90.0 cm³/mol.